The lowest BCUT2D eigenvalue weighted by molar-refractivity contribution is -0.169. The van der Waals surface area contributed by atoms with Crippen LogP contribution >= 0.6 is 11.6 Å². The Labute approximate surface area is 139 Å². The van der Waals surface area contributed by atoms with Gasteiger partial charge in [-0.05, 0) is 30.5 Å². The van der Waals surface area contributed by atoms with Gasteiger partial charge in [0.1, 0.15) is 6.04 Å². The van der Waals surface area contributed by atoms with Crippen LogP contribution in [-0.2, 0) is 19.1 Å². The normalized spacial score (nSPS) is 19.0. The molecule has 1 aromatic carbocycles. The van der Waals surface area contributed by atoms with E-state index in [4.69, 9.17) is 16.3 Å². The number of hydrogen-bond acceptors (Lipinski definition) is 6. The Hall–Kier alpha value is -1.63. The third-order valence-electron chi connectivity index (χ3n) is 4.14. The zero-order chi connectivity index (χ0) is 17.0. The third-order valence-corrected chi connectivity index (χ3v) is 4.38. The number of halogens is 1. The zero-order valence-corrected chi connectivity index (χ0v) is 13.9. The lowest BCUT2D eigenvalue weighted by atomic mass is 9.90. The fraction of sp³-hybridized carbons (Fsp3) is 0.500. The molecule has 23 heavy (non-hydrogen) atoms. The van der Waals surface area contributed by atoms with E-state index in [1.54, 1.807) is 24.3 Å². The first-order valence-corrected chi connectivity index (χ1v) is 7.67. The molecule has 1 unspecified atom stereocenters. The molecule has 0 saturated carbocycles. The summed E-state index contributed by atoms with van der Waals surface area (Å²) in [6.07, 6.45) is 0.376. The molecule has 6 nitrogen and oxygen atoms in total. The number of rotatable bonds is 4. The van der Waals surface area contributed by atoms with Gasteiger partial charge in [0.25, 0.3) is 0 Å². The molecule has 1 aliphatic rings. The van der Waals surface area contributed by atoms with E-state index in [1.807, 2.05) is 4.90 Å². The Kier molecular flexibility index (Phi) is 5.62. The van der Waals surface area contributed by atoms with Gasteiger partial charge in [-0.1, -0.05) is 23.7 Å². The lowest BCUT2D eigenvalue weighted by Gasteiger charge is -2.39. The Morgan fingerprint density at radius 1 is 1.26 bits per heavy atom. The minimum Gasteiger partial charge on any atom is -0.468 e. The van der Waals surface area contributed by atoms with Crippen LogP contribution in [0.5, 0.6) is 0 Å². The van der Waals surface area contributed by atoms with E-state index in [9.17, 15) is 14.7 Å². The minimum absolute atomic E-state index is 0.188. The van der Waals surface area contributed by atoms with Gasteiger partial charge in [0.05, 0.1) is 14.2 Å². The predicted molar refractivity (Wildman–Crippen MR) is 84.0 cm³/mol. The summed E-state index contributed by atoms with van der Waals surface area (Å²) in [6, 6.07) is 6.38. The summed E-state index contributed by atoms with van der Waals surface area (Å²) < 4.78 is 9.54. The molecule has 7 heteroatoms. The maximum absolute atomic E-state index is 12.2. The minimum atomic E-state index is -1.50. The number of methoxy groups -OCH3 is 2. The molecule has 1 fully saturated rings. The lowest BCUT2D eigenvalue weighted by Crippen LogP contribution is -2.51. The average Bonchev–Trinajstić information content (AvgIpc) is 2.56. The molecule has 2 rings (SSSR count). The van der Waals surface area contributed by atoms with Gasteiger partial charge in [0.2, 0.25) is 0 Å². The van der Waals surface area contributed by atoms with Gasteiger partial charge in [-0.25, -0.2) is 9.59 Å². The Bertz CT molecular complexity index is 584. The number of piperidine rings is 1. The first-order valence-electron chi connectivity index (χ1n) is 7.29. The highest BCUT2D eigenvalue weighted by atomic mass is 35.5. The van der Waals surface area contributed by atoms with E-state index >= 15 is 0 Å². The molecule has 0 spiro atoms. The van der Waals surface area contributed by atoms with E-state index in [2.05, 4.69) is 4.74 Å². The molecule has 0 aliphatic carbocycles. The topological polar surface area (TPSA) is 76.1 Å². The van der Waals surface area contributed by atoms with Crippen molar-refractivity contribution in [1.29, 1.82) is 0 Å². The van der Waals surface area contributed by atoms with Crippen LogP contribution in [0.3, 0.4) is 0 Å². The second-order valence-electron chi connectivity index (χ2n) is 5.54. The molecule has 0 radical (unpaired) electrons. The summed E-state index contributed by atoms with van der Waals surface area (Å²) >= 11 is 6.01. The number of carbonyl (C=O) groups is 2. The molecular weight excluding hydrogens is 322 g/mol. The largest absolute Gasteiger partial charge is 0.468 e. The maximum atomic E-state index is 12.2. The number of aliphatic hydroxyl groups is 1. The first kappa shape index (κ1) is 17.7. The Morgan fingerprint density at radius 2 is 1.91 bits per heavy atom. The van der Waals surface area contributed by atoms with Crippen LogP contribution in [0.25, 0.3) is 0 Å². The van der Waals surface area contributed by atoms with E-state index in [0.717, 1.165) is 0 Å². The summed E-state index contributed by atoms with van der Waals surface area (Å²) in [6.45, 7) is 0.718. The van der Waals surface area contributed by atoms with Gasteiger partial charge < -0.3 is 14.6 Å². The van der Waals surface area contributed by atoms with Gasteiger partial charge in [-0.3, -0.25) is 4.90 Å². The van der Waals surface area contributed by atoms with Crippen LogP contribution in [0.2, 0.25) is 5.02 Å². The van der Waals surface area contributed by atoms with Crippen molar-refractivity contribution in [2.75, 3.05) is 27.3 Å². The monoisotopic (exact) mass is 341 g/mol. The van der Waals surface area contributed by atoms with Crippen molar-refractivity contribution in [2.45, 2.75) is 24.5 Å². The Morgan fingerprint density at radius 3 is 2.43 bits per heavy atom. The quantitative estimate of drug-likeness (QED) is 0.837. The third kappa shape index (κ3) is 3.83. The van der Waals surface area contributed by atoms with Crippen molar-refractivity contribution in [1.82, 2.24) is 4.90 Å². The predicted octanol–water partition coefficient (Wildman–Crippen LogP) is 1.55. The van der Waals surface area contributed by atoms with Crippen molar-refractivity contribution < 1.29 is 24.2 Å². The number of hydrogen-bond donors (Lipinski definition) is 1. The van der Waals surface area contributed by atoms with Gasteiger partial charge in [-0.15, -0.1) is 0 Å². The number of ether oxygens (including phenoxy) is 2. The first-order chi connectivity index (χ1) is 10.9. The van der Waals surface area contributed by atoms with Gasteiger partial charge in [0.15, 0.2) is 5.60 Å². The maximum Gasteiger partial charge on any atom is 0.337 e. The molecule has 126 valence electrons. The molecule has 0 aromatic heterocycles. The van der Waals surface area contributed by atoms with Crippen LogP contribution in [-0.4, -0.2) is 54.9 Å². The van der Waals surface area contributed by atoms with E-state index in [1.165, 1.54) is 14.2 Å². The highest BCUT2D eigenvalue weighted by Gasteiger charge is 2.43. The molecule has 1 N–H and O–H groups in total. The SMILES string of the molecule is COC(=O)C(c1cccc(Cl)c1)N1CCC(O)(C(=O)OC)CC1. The summed E-state index contributed by atoms with van der Waals surface area (Å²) in [5, 5.41) is 10.8. The summed E-state index contributed by atoms with van der Waals surface area (Å²) in [5.41, 5.74) is -0.784. The van der Waals surface area contributed by atoms with Crippen LogP contribution in [0.1, 0.15) is 24.4 Å². The molecule has 0 bridgehead atoms. The highest BCUT2D eigenvalue weighted by molar-refractivity contribution is 6.30. The fourth-order valence-electron chi connectivity index (χ4n) is 2.83. The number of benzene rings is 1. The van der Waals surface area contributed by atoms with Crippen molar-refractivity contribution in [3.8, 4) is 0 Å². The molecule has 1 saturated heterocycles. The second-order valence-corrected chi connectivity index (χ2v) is 5.98. The number of nitrogens with zero attached hydrogens (tertiary/aromatic N) is 1. The Balaban J connectivity index is 2.20. The van der Waals surface area contributed by atoms with Crippen molar-refractivity contribution in [3.05, 3.63) is 34.9 Å². The molecule has 1 atom stereocenters. The van der Waals surface area contributed by atoms with Crippen LogP contribution < -0.4 is 0 Å². The highest BCUT2D eigenvalue weighted by Crippen LogP contribution is 2.31. The number of carbonyl (C=O) groups excluding carboxylic acids is 2. The number of likely N-dealkylation sites (tertiary alicyclic amines) is 1. The van der Waals surface area contributed by atoms with E-state index in [-0.39, 0.29) is 12.8 Å². The van der Waals surface area contributed by atoms with Crippen LogP contribution in [0, 0.1) is 0 Å². The van der Waals surface area contributed by atoms with E-state index in [0.29, 0.717) is 23.7 Å². The zero-order valence-electron chi connectivity index (χ0n) is 13.1. The van der Waals surface area contributed by atoms with E-state index < -0.39 is 23.6 Å². The molecule has 0 amide bonds. The second kappa shape index (κ2) is 7.29. The van der Waals surface area contributed by atoms with Gasteiger partial charge in [0, 0.05) is 18.1 Å². The smallest absolute Gasteiger partial charge is 0.337 e. The summed E-state index contributed by atoms with van der Waals surface area (Å²) in [7, 11) is 2.57. The van der Waals surface area contributed by atoms with Crippen molar-refractivity contribution in [2.24, 2.45) is 0 Å². The van der Waals surface area contributed by atoms with Crippen molar-refractivity contribution >= 4 is 23.5 Å². The average molecular weight is 342 g/mol. The van der Waals surface area contributed by atoms with Crippen molar-refractivity contribution in [3.63, 3.8) is 0 Å². The summed E-state index contributed by atoms with van der Waals surface area (Å²) in [4.78, 5) is 25.8. The number of esters is 2. The molecule has 1 heterocycles. The standard InChI is InChI=1S/C16H20ClNO5/c1-22-14(19)13(11-4-3-5-12(17)10-11)18-8-6-16(21,7-9-18)15(20)23-2/h3-5,10,13,21H,6-9H2,1-2H3. The van der Waals surface area contributed by atoms with Crippen LogP contribution in [0.4, 0.5) is 0 Å². The molecule has 1 aromatic rings. The van der Waals surface area contributed by atoms with Gasteiger partial charge in [-0.2, -0.15) is 0 Å². The summed E-state index contributed by atoms with van der Waals surface area (Å²) in [5.74, 6) is -1.05. The fourth-order valence-corrected chi connectivity index (χ4v) is 3.03. The molecule has 1 aliphatic heterocycles. The molecular formula is C16H20ClNO5. The van der Waals surface area contributed by atoms with Gasteiger partial charge >= 0.3 is 11.9 Å². The van der Waals surface area contributed by atoms with Crippen LogP contribution in [0.15, 0.2) is 24.3 Å².